The van der Waals surface area contributed by atoms with E-state index in [1.165, 1.54) is 24.9 Å². The zero-order valence-electron chi connectivity index (χ0n) is 14.6. The number of anilines is 3. The minimum absolute atomic E-state index is 0.0404. The lowest BCUT2D eigenvalue weighted by molar-refractivity contribution is -0.115. The van der Waals surface area contributed by atoms with E-state index in [2.05, 4.69) is 27.7 Å². The van der Waals surface area contributed by atoms with Gasteiger partial charge in [0.05, 0.1) is 10.7 Å². The second-order valence-electron chi connectivity index (χ2n) is 6.44. The topological polar surface area (TPSA) is 44.4 Å². The van der Waals surface area contributed by atoms with Crippen molar-refractivity contribution in [3.63, 3.8) is 0 Å². The zero-order valence-corrected chi connectivity index (χ0v) is 16.1. The Labute approximate surface area is 164 Å². The Morgan fingerprint density at radius 2 is 1.73 bits per heavy atom. The maximum Gasteiger partial charge on any atom is 0.226 e. The Balaban J connectivity index is 1.46. The number of carbonyl (C=O) groups excluding carboxylic acids is 1. The summed E-state index contributed by atoms with van der Waals surface area (Å²) in [7, 11) is 0. The second-order valence-corrected chi connectivity index (χ2v) is 7.29. The first-order valence-electron chi connectivity index (χ1n) is 8.95. The molecule has 2 aromatic rings. The van der Waals surface area contributed by atoms with Crippen LogP contribution in [0, 0.1) is 0 Å². The van der Waals surface area contributed by atoms with Crippen LogP contribution in [0.5, 0.6) is 0 Å². The predicted molar refractivity (Wildman–Crippen MR) is 111 cm³/mol. The third kappa shape index (κ3) is 5.29. The summed E-state index contributed by atoms with van der Waals surface area (Å²) in [6.45, 7) is 2.71. The van der Waals surface area contributed by atoms with Gasteiger partial charge in [-0.3, -0.25) is 4.79 Å². The Bertz CT molecular complexity index is 743. The van der Waals surface area contributed by atoms with Crippen LogP contribution in [0.2, 0.25) is 10.0 Å². The zero-order chi connectivity index (χ0) is 18.4. The van der Waals surface area contributed by atoms with E-state index >= 15 is 0 Å². The molecule has 0 bridgehead atoms. The van der Waals surface area contributed by atoms with Crippen molar-refractivity contribution < 1.29 is 4.79 Å². The largest absolute Gasteiger partial charge is 0.383 e. The molecule has 1 heterocycles. The predicted octanol–water partition coefficient (Wildman–Crippen LogP) is 5.42. The summed E-state index contributed by atoms with van der Waals surface area (Å²) in [6.07, 6.45) is 4.17. The lowest BCUT2D eigenvalue weighted by Crippen LogP contribution is -2.29. The van der Waals surface area contributed by atoms with Gasteiger partial charge in [-0.25, -0.2) is 0 Å². The molecule has 0 aliphatic carbocycles. The van der Waals surface area contributed by atoms with Crippen LogP contribution in [0.4, 0.5) is 17.1 Å². The van der Waals surface area contributed by atoms with E-state index in [9.17, 15) is 4.79 Å². The van der Waals surface area contributed by atoms with Crippen molar-refractivity contribution in [3.8, 4) is 0 Å². The normalized spacial score (nSPS) is 14.2. The molecule has 2 aromatic carbocycles. The fraction of sp³-hybridized carbons (Fsp3) is 0.350. The maximum absolute atomic E-state index is 12.1. The van der Waals surface area contributed by atoms with Crippen LogP contribution in [0.15, 0.2) is 42.5 Å². The number of halogens is 2. The molecule has 0 saturated carbocycles. The van der Waals surface area contributed by atoms with Gasteiger partial charge in [0.15, 0.2) is 0 Å². The summed E-state index contributed by atoms with van der Waals surface area (Å²) in [5.41, 5.74) is 2.77. The fourth-order valence-electron chi connectivity index (χ4n) is 3.07. The van der Waals surface area contributed by atoms with Crippen molar-refractivity contribution in [2.45, 2.75) is 25.7 Å². The van der Waals surface area contributed by atoms with E-state index in [1.54, 1.807) is 18.2 Å². The van der Waals surface area contributed by atoms with Crippen molar-refractivity contribution in [1.29, 1.82) is 0 Å². The van der Waals surface area contributed by atoms with Crippen LogP contribution < -0.4 is 15.5 Å². The molecule has 2 N–H and O–H groups in total. The summed E-state index contributed by atoms with van der Waals surface area (Å²) in [5, 5.41) is 7.26. The number of hydrogen-bond donors (Lipinski definition) is 2. The molecule has 0 unspecified atom stereocenters. The Kier molecular flexibility index (Phi) is 6.64. The number of rotatable bonds is 6. The van der Waals surface area contributed by atoms with Gasteiger partial charge >= 0.3 is 0 Å². The second kappa shape index (κ2) is 9.15. The molecule has 0 spiro atoms. The van der Waals surface area contributed by atoms with Gasteiger partial charge in [0.25, 0.3) is 0 Å². The van der Waals surface area contributed by atoms with Gasteiger partial charge in [0, 0.05) is 42.5 Å². The molecule has 1 aliphatic rings. The smallest absolute Gasteiger partial charge is 0.226 e. The number of amides is 1. The van der Waals surface area contributed by atoms with Crippen LogP contribution in [0.3, 0.4) is 0 Å². The molecule has 0 atom stereocenters. The SMILES string of the molecule is O=C(CCNc1cc(Cl)ccc1Cl)Nc1ccc(N2CCCCC2)cc1. The highest BCUT2D eigenvalue weighted by atomic mass is 35.5. The van der Waals surface area contributed by atoms with Gasteiger partial charge in [-0.2, -0.15) is 0 Å². The highest BCUT2D eigenvalue weighted by molar-refractivity contribution is 6.35. The first kappa shape index (κ1) is 18.9. The number of benzene rings is 2. The Hall–Kier alpha value is -1.91. The molecule has 0 aromatic heterocycles. The quantitative estimate of drug-likeness (QED) is 0.690. The third-order valence-corrected chi connectivity index (χ3v) is 5.03. The number of hydrogen-bond acceptors (Lipinski definition) is 3. The molecule has 3 rings (SSSR count). The average molecular weight is 392 g/mol. The Morgan fingerprint density at radius 1 is 1.00 bits per heavy atom. The molecule has 1 saturated heterocycles. The summed E-state index contributed by atoms with van der Waals surface area (Å²) < 4.78 is 0. The van der Waals surface area contributed by atoms with Gasteiger partial charge in [-0.15, -0.1) is 0 Å². The number of nitrogens with one attached hydrogen (secondary N) is 2. The van der Waals surface area contributed by atoms with Crippen LogP contribution >= 0.6 is 23.2 Å². The summed E-state index contributed by atoms with van der Waals surface area (Å²) in [5.74, 6) is -0.0404. The molecule has 6 heteroatoms. The van der Waals surface area contributed by atoms with Gasteiger partial charge in [0.2, 0.25) is 5.91 Å². The molecule has 1 fully saturated rings. The van der Waals surface area contributed by atoms with Crippen molar-refractivity contribution in [2.75, 3.05) is 35.2 Å². The van der Waals surface area contributed by atoms with Crippen LogP contribution in [0.25, 0.3) is 0 Å². The van der Waals surface area contributed by atoms with Gasteiger partial charge in [-0.05, 0) is 61.7 Å². The van der Waals surface area contributed by atoms with Gasteiger partial charge < -0.3 is 15.5 Å². The third-order valence-electron chi connectivity index (χ3n) is 4.47. The van der Waals surface area contributed by atoms with E-state index in [1.807, 2.05) is 12.1 Å². The Morgan fingerprint density at radius 3 is 2.46 bits per heavy atom. The highest BCUT2D eigenvalue weighted by Crippen LogP contribution is 2.25. The average Bonchev–Trinajstić information content (AvgIpc) is 2.66. The van der Waals surface area contributed by atoms with Crippen molar-refractivity contribution in [3.05, 3.63) is 52.5 Å². The van der Waals surface area contributed by atoms with Crippen LogP contribution in [0.1, 0.15) is 25.7 Å². The molecular weight excluding hydrogens is 369 g/mol. The van der Waals surface area contributed by atoms with E-state index in [-0.39, 0.29) is 5.91 Å². The number of nitrogens with zero attached hydrogens (tertiary/aromatic N) is 1. The van der Waals surface area contributed by atoms with Crippen molar-refractivity contribution in [1.82, 2.24) is 0 Å². The van der Waals surface area contributed by atoms with Crippen molar-refractivity contribution >= 4 is 46.2 Å². The summed E-state index contributed by atoms with van der Waals surface area (Å²) in [4.78, 5) is 14.5. The summed E-state index contributed by atoms with van der Waals surface area (Å²) >= 11 is 12.0. The molecular formula is C20H23Cl2N3O. The highest BCUT2D eigenvalue weighted by Gasteiger charge is 2.11. The lowest BCUT2D eigenvalue weighted by Gasteiger charge is -2.28. The summed E-state index contributed by atoms with van der Waals surface area (Å²) in [6, 6.07) is 13.3. The van der Waals surface area contributed by atoms with Crippen LogP contribution in [-0.4, -0.2) is 25.5 Å². The monoisotopic (exact) mass is 391 g/mol. The molecule has 4 nitrogen and oxygen atoms in total. The van der Waals surface area contributed by atoms with Gasteiger partial charge in [-0.1, -0.05) is 23.2 Å². The maximum atomic E-state index is 12.1. The molecule has 26 heavy (non-hydrogen) atoms. The minimum Gasteiger partial charge on any atom is -0.383 e. The molecule has 138 valence electrons. The van der Waals surface area contributed by atoms with E-state index in [4.69, 9.17) is 23.2 Å². The van der Waals surface area contributed by atoms with E-state index < -0.39 is 0 Å². The first-order chi connectivity index (χ1) is 12.6. The van der Waals surface area contributed by atoms with E-state index in [0.29, 0.717) is 23.0 Å². The fourth-order valence-corrected chi connectivity index (χ4v) is 3.43. The first-order valence-corrected chi connectivity index (χ1v) is 9.71. The molecule has 1 aliphatic heterocycles. The number of piperidine rings is 1. The lowest BCUT2D eigenvalue weighted by atomic mass is 10.1. The van der Waals surface area contributed by atoms with Gasteiger partial charge in [0.1, 0.15) is 0 Å². The standard InChI is InChI=1S/C20H23Cl2N3O/c21-15-4-9-18(22)19(14-15)23-11-10-20(26)24-16-5-7-17(8-6-16)25-12-2-1-3-13-25/h4-9,14,23H,1-3,10-13H2,(H,24,26). The molecule has 0 radical (unpaired) electrons. The minimum atomic E-state index is -0.0404. The van der Waals surface area contributed by atoms with Crippen LogP contribution in [-0.2, 0) is 4.79 Å². The molecule has 1 amide bonds. The van der Waals surface area contributed by atoms with E-state index in [0.717, 1.165) is 24.5 Å². The van der Waals surface area contributed by atoms with Crippen molar-refractivity contribution in [2.24, 2.45) is 0 Å². The number of carbonyl (C=O) groups is 1.